The predicted molar refractivity (Wildman–Crippen MR) is 85.7 cm³/mol. The van der Waals surface area contributed by atoms with E-state index in [-0.39, 0.29) is 0 Å². The van der Waals surface area contributed by atoms with E-state index < -0.39 is 0 Å². The van der Waals surface area contributed by atoms with Crippen molar-refractivity contribution >= 4 is 11.6 Å². The van der Waals surface area contributed by atoms with Crippen LogP contribution >= 0.6 is 11.6 Å². The number of nitrogens with one attached hydrogen (secondary N) is 1. The summed E-state index contributed by atoms with van der Waals surface area (Å²) in [5, 5.41) is 4.53. The van der Waals surface area contributed by atoms with Gasteiger partial charge in [0, 0.05) is 11.1 Å². The minimum atomic E-state index is 0.428. The molecule has 0 aliphatic heterocycles. The molecule has 0 fully saturated rings. The Labute approximate surface area is 123 Å². The van der Waals surface area contributed by atoms with E-state index >= 15 is 0 Å². The van der Waals surface area contributed by atoms with E-state index in [1.54, 1.807) is 0 Å². The topological polar surface area (TPSA) is 12.0 Å². The third kappa shape index (κ3) is 5.16. The summed E-state index contributed by atoms with van der Waals surface area (Å²) in [7, 11) is 0. The Bertz CT molecular complexity index is 348. The highest BCUT2D eigenvalue weighted by atomic mass is 35.5. The van der Waals surface area contributed by atoms with Gasteiger partial charge in [-0.3, -0.25) is 0 Å². The van der Waals surface area contributed by atoms with Gasteiger partial charge in [0.2, 0.25) is 0 Å². The zero-order chi connectivity index (χ0) is 14.4. The molecule has 108 valence electrons. The molecular weight excluding hydrogens is 254 g/mol. The van der Waals surface area contributed by atoms with Crippen LogP contribution in [0.15, 0.2) is 24.3 Å². The summed E-state index contributed by atoms with van der Waals surface area (Å²) >= 11 is 5.95. The maximum atomic E-state index is 5.95. The van der Waals surface area contributed by atoms with E-state index in [0.717, 1.165) is 35.7 Å². The fourth-order valence-corrected chi connectivity index (χ4v) is 2.84. The fourth-order valence-electron chi connectivity index (χ4n) is 2.71. The number of halogens is 1. The van der Waals surface area contributed by atoms with E-state index in [1.165, 1.54) is 5.56 Å². The minimum Gasteiger partial charge on any atom is -0.310 e. The van der Waals surface area contributed by atoms with E-state index in [0.29, 0.717) is 6.04 Å². The molecule has 0 saturated heterocycles. The monoisotopic (exact) mass is 281 g/mol. The normalized spacial score (nSPS) is 13.5. The molecule has 1 aromatic carbocycles. The van der Waals surface area contributed by atoms with Gasteiger partial charge < -0.3 is 5.32 Å². The van der Waals surface area contributed by atoms with Crippen LogP contribution in [0.2, 0.25) is 5.02 Å². The third-order valence-electron chi connectivity index (χ3n) is 3.99. The lowest BCUT2D eigenvalue weighted by Crippen LogP contribution is -2.32. The first kappa shape index (κ1) is 16.5. The van der Waals surface area contributed by atoms with E-state index in [2.05, 4.69) is 52.1 Å². The lowest BCUT2D eigenvalue weighted by Gasteiger charge is -2.28. The molecule has 0 radical (unpaired) electrons. The Morgan fingerprint density at radius 2 is 1.53 bits per heavy atom. The molecule has 0 spiro atoms. The number of benzene rings is 1. The SMILES string of the molecule is CCC(NCC(C(C)C)C(C)C)c1ccc(Cl)cc1. The molecule has 0 saturated carbocycles. The second-order valence-corrected chi connectivity index (χ2v) is 6.51. The predicted octanol–water partition coefficient (Wildman–Crippen LogP) is 5.31. The number of hydrogen-bond acceptors (Lipinski definition) is 1. The van der Waals surface area contributed by atoms with Crippen molar-refractivity contribution in [2.75, 3.05) is 6.54 Å². The first-order valence-electron chi connectivity index (χ1n) is 7.44. The molecular formula is C17H28ClN. The zero-order valence-corrected chi connectivity index (χ0v) is 13.7. The summed E-state index contributed by atoms with van der Waals surface area (Å²) in [5.41, 5.74) is 1.33. The minimum absolute atomic E-state index is 0.428. The lowest BCUT2D eigenvalue weighted by atomic mass is 9.85. The average molecular weight is 282 g/mol. The highest BCUT2D eigenvalue weighted by Crippen LogP contribution is 2.23. The van der Waals surface area contributed by atoms with Crippen molar-refractivity contribution < 1.29 is 0 Å². The van der Waals surface area contributed by atoms with Gasteiger partial charge in [0.1, 0.15) is 0 Å². The van der Waals surface area contributed by atoms with Crippen LogP contribution in [0.5, 0.6) is 0 Å². The molecule has 0 aliphatic rings. The molecule has 0 bridgehead atoms. The summed E-state index contributed by atoms with van der Waals surface area (Å²) in [4.78, 5) is 0. The number of rotatable bonds is 7. The second kappa shape index (κ2) is 7.91. The summed E-state index contributed by atoms with van der Waals surface area (Å²) in [6, 6.07) is 8.64. The van der Waals surface area contributed by atoms with E-state index in [1.807, 2.05) is 12.1 Å². The van der Waals surface area contributed by atoms with Gasteiger partial charge in [-0.1, -0.05) is 58.4 Å². The molecule has 0 amide bonds. The summed E-state index contributed by atoms with van der Waals surface area (Å²) < 4.78 is 0. The Hall–Kier alpha value is -0.530. The molecule has 0 aliphatic carbocycles. The van der Waals surface area contributed by atoms with Crippen molar-refractivity contribution in [3.05, 3.63) is 34.9 Å². The van der Waals surface area contributed by atoms with Crippen LogP contribution in [-0.4, -0.2) is 6.54 Å². The summed E-state index contributed by atoms with van der Waals surface area (Å²) in [6.07, 6.45) is 1.10. The smallest absolute Gasteiger partial charge is 0.0406 e. The van der Waals surface area contributed by atoms with Crippen molar-refractivity contribution in [3.63, 3.8) is 0 Å². The molecule has 1 aromatic rings. The van der Waals surface area contributed by atoms with E-state index in [4.69, 9.17) is 11.6 Å². The first-order chi connectivity index (χ1) is 8.95. The average Bonchev–Trinajstić information content (AvgIpc) is 2.35. The molecule has 1 rings (SSSR count). The Balaban J connectivity index is 2.64. The second-order valence-electron chi connectivity index (χ2n) is 6.07. The quantitative estimate of drug-likeness (QED) is 0.714. The molecule has 0 aromatic heterocycles. The van der Waals surface area contributed by atoms with Crippen molar-refractivity contribution in [1.82, 2.24) is 5.32 Å². The molecule has 1 unspecified atom stereocenters. The van der Waals surface area contributed by atoms with Crippen molar-refractivity contribution in [2.24, 2.45) is 17.8 Å². The summed E-state index contributed by atoms with van der Waals surface area (Å²) in [5.74, 6) is 2.16. The standard InChI is InChI=1S/C17H28ClN/c1-6-17(14-7-9-15(18)10-8-14)19-11-16(12(2)3)13(4)5/h7-10,12-13,16-17,19H,6,11H2,1-5H3. The molecule has 1 N–H and O–H groups in total. The lowest BCUT2D eigenvalue weighted by molar-refractivity contribution is 0.264. The number of hydrogen-bond donors (Lipinski definition) is 1. The third-order valence-corrected chi connectivity index (χ3v) is 4.25. The highest BCUT2D eigenvalue weighted by Gasteiger charge is 2.19. The van der Waals surface area contributed by atoms with Crippen LogP contribution in [-0.2, 0) is 0 Å². The van der Waals surface area contributed by atoms with E-state index in [9.17, 15) is 0 Å². The van der Waals surface area contributed by atoms with Gasteiger partial charge in [0.05, 0.1) is 0 Å². The first-order valence-corrected chi connectivity index (χ1v) is 7.82. The van der Waals surface area contributed by atoms with Crippen molar-refractivity contribution in [1.29, 1.82) is 0 Å². The Kier molecular flexibility index (Phi) is 6.88. The summed E-state index contributed by atoms with van der Waals surface area (Å²) in [6.45, 7) is 12.6. The zero-order valence-electron chi connectivity index (χ0n) is 12.9. The Morgan fingerprint density at radius 3 is 1.95 bits per heavy atom. The van der Waals surface area contributed by atoms with Gasteiger partial charge in [0.25, 0.3) is 0 Å². The maximum absolute atomic E-state index is 5.95. The van der Waals surface area contributed by atoms with Crippen LogP contribution in [0.25, 0.3) is 0 Å². The Morgan fingerprint density at radius 1 is 1.00 bits per heavy atom. The van der Waals surface area contributed by atoms with Crippen LogP contribution in [0, 0.1) is 17.8 Å². The maximum Gasteiger partial charge on any atom is 0.0406 e. The van der Waals surface area contributed by atoms with Gasteiger partial charge in [0.15, 0.2) is 0 Å². The van der Waals surface area contributed by atoms with Crippen LogP contribution in [0.3, 0.4) is 0 Å². The van der Waals surface area contributed by atoms with Gasteiger partial charge >= 0.3 is 0 Å². The van der Waals surface area contributed by atoms with Crippen LogP contribution in [0.4, 0.5) is 0 Å². The molecule has 1 nitrogen and oxygen atoms in total. The largest absolute Gasteiger partial charge is 0.310 e. The fraction of sp³-hybridized carbons (Fsp3) is 0.647. The molecule has 0 heterocycles. The van der Waals surface area contributed by atoms with Gasteiger partial charge in [-0.15, -0.1) is 0 Å². The van der Waals surface area contributed by atoms with Gasteiger partial charge in [-0.05, 0) is 48.4 Å². The molecule has 19 heavy (non-hydrogen) atoms. The molecule has 1 atom stereocenters. The van der Waals surface area contributed by atoms with Crippen LogP contribution < -0.4 is 5.32 Å². The van der Waals surface area contributed by atoms with Crippen molar-refractivity contribution in [3.8, 4) is 0 Å². The van der Waals surface area contributed by atoms with Crippen molar-refractivity contribution in [2.45, 2.75) is 47.1 Å². The van der Waals surface area contributed by atoms with Gasteiger partial charge in [-0.2, -0.15) is 0 Å². The highest BCUT2D eigenvalue weighted by molar-refractivity contribution is 6.30. The van der Waals surface area contributed by atoms with Gasteiger partial charge in [-0.25, -0.2) is 0 Å². The van der Waals surface area contributed by atoms with Crippen LogP contribution in [0.1, 0.15) is 52.6 Å². The molecule has 2 heteroatoms.